The van der Waals surface area contributed by atoms with E-state index in [1.165, 1.54) is 0 Å². The zero-order valence-corrected chi connectivity index (χ0v) is 14.0. The molecule has 0 saturated heterocycles. The average Bonchev–Trinajstić information content (AvgIpc) is 2.53. The van der Waals surface area contributed by atoms with E-state index in [0.717, 1.165) is 10.6 Å². The molecule has 1 nitrogen and oxygen atoms in total. The van der Waals surface area contributed by atoms with Gasteiger partial charge >= 0.3 is 0 Å². The van der Waals surface area contributed by atoms with Gasteiger partial charge in [-0.1, -0.05) is 83.9 Å². The first kappa shape index (κ1) is 15.4. The van der Waals surface area contributed by atoms with Crippen LogP contribution in [0.5, 0.6) is 5.75 Å². The molecule has 0 aliphatic heterocycles. The first-order valence-electron chi connectivity index (χ1n) is 6.77. The molecule has 0 N–H and O–H groups in total. The summed E-state index contributed by atoms with van der Waals surface area (Å²) in [5, 5.41) is 3.41. The summed E-state index contributed by atoms with van der Waals surface area (Å²) >= 11 is 12.1. The standard InChI is InChI=1S/C18H13Cl2OP/c19-14-11-15(20)13-16(12-14)21-22(17-7-3-1-4-8-17)18-9-5-2-6-10-18/h1-13H. The quantitative estimate of drug-likeness (QED) is 0.573. The summed E-state index contributed by atoms with van der Waals surface area (Å²) in [6.07, 6.45) is 0. The molecular formula is C18H13Cl2OP. The third-order valence-corrected chi connectivity index (χ3v) is 5.38. The zero-order valence-electron chi connectivity index (χ0n) is 11.6. The summed E-state index contributed by atoms with van der Waals surface area (Å²) < 4.78 is 6.24. The van der Waals surface area contributed by atoms with Crippen molar-refractivity contribution in [2.75, 3.05) is 0 Å². The highest BCUT2D eigenvalue weighted by Gasteiger charge is 2.17. The molecule has 3 rings (SSSR count). The number of halogens is 2. The van der Waals surface area contributed by atoms with E-state index in [0.29, 0.717) is 15.8 Å². The van der Waals surface area contributed by atoms with Gasteiger partial charge in [0.2, 0.25) is 0 Å². The van der Waals surface area contributed by atoms with Crippen molar-refractivity contribution < 1.29 is 4.52 Å². The predicted octanol–water partition coefficient (Wildman–Crippen LogP) is 5.42. The van der Waals surface area contributed by atoms with Gasteiger partial charge < -0.3 is 4.52 Å². The number of rotatable bonds is 4. The van der Waals surface area contributed by atoms with Crippen LogP contribution >= 0.6 is 31.4 Å². The first-order chi connectivity index (χ1) is 10.7. The molecule has 0 spiro atoms. The lowest BCUT2D eigenvalue weighted by molar-refractivity contribution is 0.630. The monoisotopic (exact) mass is 346 g/mol. The maximum atomic E-state index is 6.24. The molecule has 0 aliphatic rings. The van der Waals surface area contributed by atoms with Crippen LogP contribution in [0.4, 0.5) is 0 Å². The van der Waals surface area contributed by atoms with Crippen LogP contribution in [0.15, 0.2) is 78.9 Å². The Bertz CT molecular complexity index is 688. The average molecular weight is 347 g/mol. The molecule has 3 aromatic rings. The van der Waals surface area contributed by atoms with Crippen molar-refractivity contribution in [3.63, 3.8) is 0 Å². The second kappa shape index (κ2) is 7.15. The predicted molar refractivity (Wildman–Crippen MR) is 96.2 cm³/mol. The normalized spacial score (nSPS) is 10.7. The second-order valence-electron chi connectivity index (χ2n) is 4.66. The molecule has 4 heteroatoms. The molecule has 0 bridgehead atoms. The third-order valence-electron chi connectivity index (χ3n) is 3.01. The molecule has 0 aromatic heterocycles. The molecule has 0 aliphatic carbocycles. The van der Waals surface area contributed by atoms with E-state index >= 15 is 0 Å². The fourth-order valence-corrected chi connectivity index (χ4v) is 4.28. The third kappa shape index (κ3) is 3.81. The van der Waals surface area contributed by atoms with Crippen LogP contribution in [0, 0.1) is 0 Å². The van der Waals surface area contributed by atoms with Gasteiger partial charge in [0.1, 0.15) is 5.75 Å². The van der Waals surface area contributed by atoms with Crippen LogP contribution < -0.4 is 15.1 Å². The molecule has 0 heterocycles. The van der Waals surface area contributed by atoms with Crippen molar-refractivity contribution in [1.82, 2.24) is 0 Å². The fraction of sp³-hybridized carbons (Fsp3) is 0. The minimum Gasteiger partial charge on any atom is -0.464 e. The summed E-state index contributed by atoms with van der Waals surface area (Å²) in [6, 6.07) is 25.6. The first-order valence-corrected chi connectivity index (χ1v) is 8.78. The second-order valence-corrected chi connectivity index (χ2v) is 7.34. The number of hydrogen-bond donors (Lipinski definition) is 0. The Morgan fingerprint density at radius 3 is 1.55 bits per heavy atom. The molecule has 0 unspecified atom stereocenters. The Morgan fingerprint density at radius 2 is 1.09 bits per heavy atom. The number of hydrogen-bond acceptors (Lipinski definition) is 1. The SMILES string of the molecule is Clc1cc(Cl)cc(OP(c2ccccc2)c2ccccc2)c1. The van der Waals surface area contributed by atoms with Gasteiger partial charge in [0, 0.05) is 20.7 Å². The number of benzene rings is 3. The van der Waals surface area contributed by atoms with Crippen molar-refractivity contribution in [3.8, 4) is 5.75 Å². The lowest BCUT2D eigenvalue weighted by Gasteiger charge is -2.19. The fourth-order valence-electron chi connectivity index (χ4n) is 2.07. The molecule has 0 saturated carbocycles. The summed E-state index contributed by atoms with van der Waals surface area (Å²) in [6.45, 7) is 0. The van der Waals surface area contributed by atoms with Gasteiger partial charge in [0.15, 0.2) is 8.15 Å². The summed E-state index contributed by atoms with van der Waals surface area (Å²) in [7, 11) is -0.969. The van der Waals surface area contributed by atoms with Crippen LogP contribution in [-0.4, -0.2) is 0 Å². The Morgan fingerprint density at radius 1 is 0.636 bits per heavy atom. The largest absolute Gasteiger partial charge is 0.464 e. The molecule has 110 valence electrons. The zero-order chi connectivity index (χ0) is 15.4. The van der Waals surface area contributed by atoms with Gasteiger partial charge in [-0.25, -0.2) is 0 Å². The van der Waals surface area contributed by atoms with Crippen LogP contribution in [0.2, 0.25) is 10.0 Å². The molecule has 0 radical (unpaired) electrons. The van der Waals surface area contributed by atoms with E-state index in [9.17, 15) is 0 Å². The highest BCUT2D eigenvalue weighted by Crippen LogP contribution is 2.38. The van der Waals surface area contributed by atoms with Gasteiger partial charge in [-0.15, -0.1) is 0 Å². The van der Waals surface area contributed by atoms with Crippen LogP contribution in [0.1, 0.15) is 0 Å². The summed E-state index contributed by atoms with van der Waals surface area (Å²) in [5.41, 5.74) is 0. The minimum atomic E-state index is -0.969. The van der Waals surface area contributed by atoms with E-state index in [1.807, 2.05) is 36.4 Å². The van der Waals surface area contributed by atoms with Gasteiger partial charge in [0.25, 0.3) is 0 Å². The molecule has 0 amide bonds. The van der Waals surface area contributed by atoms with Crippen molar-refractivity contribution in [2.45, 2.75) is 0 Å². The minimum absolute atomic E-state index is 0.568. The van der Waals surface area contributed by atoms with Gasteiger partial charge in [-0.3, -0.25) is 0 Å². The molecular weight excluding hydrogens is 334 g/mol. The lowest BCUT2D eigenvalue weighted by atomic mass is 10.3. The Balaban J connectivity index is 1.99. The topological polar surface area (TPSA) is 9.23 Å². The molecule has 0 atom stereocenters. The molecule has 0 fully saturated rings. The highest BCUT2D eigenvalue weighted by molar-refractivity contribution is 7.68. The molecule has 3 aromatic carbocycles. The lowest BCUT2D eigenvalue weighted by Crippen LogP contribution is -2.15. The Labute approximate surface area is 141 Å². The van der Waals surface area contributed by atoms with Crippen LogP contribution in [0.25, 0.3) is 0 Å². The van der Waals surface area contributed by atoms with E-state index < -0.39 is 8.15 Å². The van der Waals surface area contributed by atoms with Crippen molar-refractivity contribution in [3.05, 3.63) is 88.9 Å². The maximum Gasteiger partial charge on any atom is 0.150 e. The van der Waals surface area contributed by atoms with Crippen molar-refractivity contribution in [1.29, 1.82) is 0 Å². The van der Waals surface area contributed by atoms with Crippen LogP contribution in [-0.2, 0) is 0 Å². The smallest absolute Gasteiger partial charge is 0.150 e. The van der Waals surface area contributed by atoms with Crippen molar-refractivity contribution >= 4 is 42.0 Å². The molecule has 22 heavy (non-hydrogen) atoms. The summed E-state index contributed by atoms with van der Waals surface area (Å²) in [5.74, 6) is 0.677. The maximum absolute atomic E-state index is 6.24. The highest BCUT2D eigenvalue weighted by atomic mass is 35.5. The Hall–Kier alpha value is -1.53. The van der Waals surface area contributed by atoms with Gasteiger partial charge in [-0.2, -0.15) is 0 Å². The summed E-state index contributed by atoms with van der Waals surface area (Å²) in [4.78, 5) is 0. The van der Waals surface area contributed by atoms with Crippen LogP contribution in [0.3, 0.4) is 0 Å². The van der Waals surface area contributed by atoms with Gasteiger partial charge in [0.05, 0.1) is 0 Å². The van der Waals surface area contributed by atoms with E-state index in [1.54, 1.807) is 18.2 Å². The van der Waals surface area contributed by atoms with Crippen molar-refractivity contribution in [2.24, 2.45) is 0 Å². The van der Waals surface area contributed by atoms with E-state index in [2.05, 4.69) is 24.3 Å². The van der Waals surface area contributed by atoms with E-state index in [-0.39, 0.29) is 0 Å². The van der Waals surface area contributed by atoms with Gasteiger partial charge in [-0.05, 0) is 18.2 Å². The van der Waals surface area contributed by atoms with E-state index in [4.69, 9.17) is 27.7 Å². The Kier molecular flexibility index (Phi) is 5.00.